The number of sulfonamides is 1. The maximum atomic E-state index is 12.8. The maximum absolute atomic E-state index is 12.8. The van der Waals surface area contributed by atoms with Crippen molar-refractivity contribution in [3.8, 4) is 11.3 Å². The van der Waals surface area contributed by atoms with Crippen molar-refractivity contribution in [2.75, 3.05) is 0 Å². The van der Waals surface area contributed by atoms with Crippen LogP contribution in [0.4, 0.5) is 0 Å². The largest absolute Gasteiger partial charge is 0.267 e. The minimum Gasteiger partial charge on any atom is -0.267 e. The molecule has 0 unspecified atom stereocenters. The maximum Gasteiger partial charge on any atom is 0.240 e. The van der Waals surface area contributed by atoms with Gasteiger partial charge in [-0.1, -0.05) is 72.8 Å². The predicted octanol–water partition coefficient (Wildman–Crippen LogP) is 4.39. The molecule has 0 spiro atoms. The zero-order valence-corrected chi connectivity index (χ0v) is 17.5. The molecule has 0 saturated heterocycles. The molecule has 6 heteroatoms. The number of nitrogens with zero attached hydrogens (tertiary/aromatic N) is 2. The minimum atomic E-state index is -3.62. The molecule has 4 aromatic rings. The number of aromatic nitrogens is 2. The lowest BCUT2D eigenvalue weighted by Crippen LogP contribution is -2.23. The summed E-state index contributed by atoms with van der Waals surface area (Å²) in [5.41, 5.74) is 4.59. The molecular formula is C24H23N3O2S. The van der Waals surface area contributed by atoms with Gasteiger partial charge in [-0.05, 0) is 30.2 Å². The van der Waals surface area contributed by atoms with Crippen molar-refractivity contribution < 1.29 is 8.42 Å². The first kappa shape index (κ1) is 20.1. The Kier molecular flexibility index (Phi) is 5.79. The van der Waals surface area contributed by atoms with Gasteiger partial charge in [0, 0.05) is 23.9 Å². The predicted molar refractivity (Wildman–Crippen MR) is 118 cm³/mol. The number of hydrogen-bond acceptors (Lipinski definition) is 3. The van der Waals surface area contributed by atoms with E-state index in [2.05, 4.69) is 4.72 Å². The third-order valence-electron chi connectivity index (χ3n) is 4.82. The first-order valence-corrected chi connectivity index (χ1v) is 11.2. The van der Waals surface area contributed by atoms with Crippen molar-refractivity contribution in [2.24, 2.45) is 0 Å². The molecule has 5 nitrogen and oxygen atoms in total. The van der Waals surface area contributed by atoms with Gasteiger partial charge in [0.25, 0.3) is 0 Å². The van der Waals surface area contributed by atoms with Gasteiger partial charge < -0.3 is 0 Å². The van der Waals surface area contributed by atoms with Gasteiger partial charge in [0.05, 0.1) is 17.1 Å². The van der Waals surface area contributed by atoms with Crippen molar-refractivity contribution in [1.82, 2.24) is 14.5 Å². The second-order valence-corrected chi connectivity index (χ2v) is 8.96. The van der Waals surface area contributed by atoms with Crippen LogP contribution in [0.1, 0.15) is 16.7 Å². The molecule has 0 aliphatic rings. The Morgan fingerprint density at radius 3 is 2.30 bits per heavy atom. The molecule has 30 heavy (non-hydrogen) atoms. The fraction of sp³-hybridized carbons (Fsp3) is 0.125. The van der Waals surface area contributed by atoms with Crippen molar-refractivity contribution in [3.05, 3.63) is 108 Å². The molecule has 1 N–H and O–H groups in total. The van der Waals surface area contributed by atoms with Crippen LogP contribution in [0.3, 0.4) is 0 Å². The van der Waals surface area contributed by atoms with E-state index in [0.29, 0.717) is 6.54 Å². The third-order valence-corrected chi connectivity index (χ3v) is 6.22. The molecule has 152 valence electrons. The summed E-state index contributed by atoms with van der Waals surface area (Å²) < 4.78 is 30.1. The lowest BCUT2D eigenvalue weighted by atomic mass is 10.1. The van der Waals surface area contributed by atoms with Gasteiger partial charge in [0.2, 0.25) is 10.0 Å². The van der Waals surface area contributed by atoms with Gasteiger partial charge in [-0.25, -0.2) is 13.1 Å². The zero-order chi connectivity index (χ0) is 21.0. The second kappa shape index (κ2) is 8.65. The van der Waals surface area contributed by atoms with E-state index in [-0.39, 0.29) is 11.4 Å². The van der Waals surface area contributed by atoms with Crippen LogP contribution in [0.2, 0.25) is 0 Å². The number of hydrogen-bond donors (Lipinski definition) is 1. The standard InChI is InChI=1S/C24H23N3O2S/c1-19-9-8-14-23(15-19)30(28,29)25-16-22-18-27(17-20-10-4-2-5-11-20)26-24(22)21-12-6-3-7-13-21/h2-15,18,25H,16-17H2,1H3. The van der Waals surface area contributed by atoms with Crippen molar-refractivity contribution in [3.63, 3.8) is 0 Å². The first-order valence-electron chi connectivity index (χ1n) is 9.73. The summed E-state index contributed by atoms with van der Waals surface area (Å²) in [5, 5.41) is 4.75. The lowest BCUT2D eigenvalue weighted by Gasteiger charge is -2.08. The molecule has 0 fully saturated rings. The Labute approximate surface area is 177 Å². The second-order valence-electron chi connectivity index (χ2n) is 7.19. The van der Waals surface area contributed by atoms with Crippen LogP contribution in [-0.2, 0) is 23.1 Å². The zero-order valence-electron chi connectivity index (χ0n) is 16.7. The molecule has 0 saturated carbocycles. The van der Waals surface area contributed by atoms with Gasteiger partial charge in [-0.15, -0.1) is 0 Å². The van der Waals surface area contributed by atoms with Crippen molar-refractivity contribution in [1.29, 1.82) is 0 Å². The van der Waals surface area contributed by atoms with Crippen molar-refractivity contribution in [2.45, 2.75) is 24.9 Å². The van der Waals surface area contributed by atoms with E-state index in [4.69, 9.17) is 5.10 Å². The number of aryl methyl sites for hydroxylation is 1. The van der Waals surface area contributed by atoms with Gasteiger partial charge in [-0.3, -0.25) is 4.68 Å². The smallest absolute Gasteiger partial charge is 0.240 e. The number of nitrogens with one attached hydrogen (secondary N) is 1. The van der Waals surface area contributed by atoms with E-state index in [1.165, 1.54) is 0 Å². The van der Waals surface area contributed by atoms with Crippen molar-refractivity contribution >= 4 is 10.0 Å². The Bertz CT molecular complexity index is 1230. The molecule has 4 rings (SSSR count). The van der Waals surface area contributed by atoms with Crippen LogP contribution in [0.15, 0.2) is 96.0 Å². The molecule has 1 heterocycles. The number of benzene rings is 3. The SMILES string of the molecule is Cc1cccc(S(=O)(=O)NCc2cn(Cc3ccccc3)nc2-c2ccccc2)c1. The average molecular weight is 418 g/mol. The van der Waals surface area contributed by atoms with E-state index >= 15 is 0 Å². The highest BCUT2D eigenvalue weighted by molar-refractivity contribution is 7.89. The van der Waals surface area contributed by atoms with Crippen LogP contribution < -0.4 is 4.72 Å². The number of rotatable bonds is 7. The van der Waals surface area contributed by atoms with E-state index in [9.17, 15) is 8.42 Å². The van der Waals surface area contributed by atoms with E-state index < -0.39 is 10.0 Å². The lowest BCUT2D eigenvalue weighted by molar-refractivity contribution is 0.581. The summed E-state index contributed by atoms with van der Waals surface area (Å²) in [7, 11) is -3.62. The minimum absolute atomic E-state index is 0.162. The summed E-state index contributed by atoms with van der Waals surface area (Å²) in [6.07, 6.45) is 1.91. The topological polar surface area (TPSA) is 64.0 Å². The van der Waals surface area contributed by atoms with Gasteiger partial charge in [0.1, 0.15) is 0 Å². The quantitative estimate of drug-likeness (QED) is 0.485. The molecule has 0 bridgehead atoms. The summed E-state index contributed by atoms with van der Waals surface area (Å²) in [6, 6.07) is 26.8. The summed E-state index contributed by atoms with van der Waals surface area (Å²) in [5.74, 6) is 0. The molecule has 0 radical (unpaired) electrons. The van der Waals surface area contributed by atoms with E-state index in [1.807, 2.05) is 84.5 Å². The first-order chi connectivity index (χ1) is 14.5. The summed E-state index contributed by atoms with van der Waals surface area (Å²) in [4.78, 5) is 0.264. The Morgan fingerprint density at radius 2 is 1.60 bits per heavy atom. The highest BCUT2D eigenvalue weighted by atomic mass is 32.2. The van der Waals surface area contributed by atoms with Crippen LogP contribution in [0, 0.1) is 6.92 Å². The molecule has 3 aromatic carbocycles. The molecule has 1 aromatic heterocycles. The monoisotopic (exact) mass is 417 g/mol. The third kappa shape index (κ3) is 4.67. The molecule has 0 amide bonds. The highest BCUT2D eigenvalue weighted by Crippen LogP contribution is 2.23. The Morgan fingerprint density at radius 1 is 0.900 bits per heavy atom. The molecular weight excluding hydrogens is 394 g/mol. The van der Waals surface area contributed by atoms with Gasteiger partial charge >= 0.3 is 0 Å². The van der Waals surface area contributed by atoms with E-state index in [1.54, 1.807) is 18.2 Å². The Hall–Kier alpha value is -3.22. The van der Waals surface area contributed by atoms with Crippen LogP contribution >= 0.6 is 0 Å². The average Bonchev–Trinajstić information content (AvgIpc) is 3.16. The van der Waals surface area contributed by atoms with E-state index in [0.717, 1.165) is 27.9 Å². The summed E-state index contributed by atoms with van der Waals surface area (Å²) in [6.45, 7) is 2.65. The molecule has 0 aliphatic carbocycles. The van der Waals surface area contributed by atoms with Crippen LogP contribution in [-0.4, -0.2) is 18.2 Å². The van der Waals surface area contributed by atoms with Gasteiger partial charge in [0.15, 0.2) is 0 Å². The molecule has 0 aliphatic heterocycles. The van der Waals surface area contributed by atoms with Crippen LogP contribution in [0.25, 0.3) is 11.3 Å². The summed E-state index contributed by atoms with van der Waals surface area (Å²) >= 11 is 0. The van der Waals surface area contributed by atoms with Crippen LogP contribution in [0.5, 0.6) is 0 Å². The Balaban J connectivity index is 1.62. The fourth-order valence-electron chi connectivity index (χ4n) is 3.32. The fourth-order valence-corrected chi connectivity index (χ4v) is 4.43. The normalized spacial score (nSPS) is 11.5. The highest BCUT2D eigenvalue weighted by Gasteiger charge is 2.17. The molecule has 0 atom stereocenters. The van der Waals surface area contributed by atoms with Gasteiger partial charge in [-0.2, -0.15) is 5.10 Å².